The van der Waals surface area contributed by atoms with E-state index in [1.165, 1.54) is 0 Å². The third kappa shape index (κ3) is 3.76. The topological polar surface area (TPSA) is 61.2 Å². The molecule has 0 amide bonds. The number of aromatic nitrogens is 2. The number of alkyl halides is 3. The first-order chi connectivity index (χ1) is 13.6. The molecule has 3 N–H and O–H groups in total. The Bertz CT molecular complexity index is 884. The van der Waals surface area contributed by atoms with Crippen LogP contribution in [0.4, 0.5) is 22.0 Å². The Morgan fingerprint density at radius 3 is 2.69 bits per heavy atom. The molecule has 1 aromatic heterocycles. The van der Waals surface area contributed by atoms with Gasteiger partial charge in [0.2, 0.25) is 0 Å². The van der Waals surface area contributed by atoms with Crippen molar-refractivity contribution in [2.24, 2.45) is 5.73 Å². The fraction of sp³-hybridized carbons (Fsp3) is 0.526. The zero-order valence-electron chi connectivity index (χ0n) is 15.8. The Morgan fingerprint density at radius 2 is 2.00 bits per heavy atom. The third-order valence-electron chi connectivity index (χ3n) is 5.95. The molecule has 0 spiro atoms. The van der Waals surface area contributed by atoms with E-state index in [4.69, 9.17) is 5.73 Å². The van der Waals surface area contributed by atoms with Crippen molar-refractivity contribution in [2.75, 3.05) is 20.1 Å². The standard InChI is InChI=1S/C19H22F5N5/c1-28-8-11(7-15(25)17(28)12-6-10(20)2-3-14(12)21)29-5-4-16-13(9-29)18(27-26-16)19(22,23)24/h2-3,6,11,15,17H,4-5,7-9,25H2,1H3,(H,26,27). The van der Waals surface area contributed by atoms with Crippen LogP contribution in [0.1, 0.15) is 35.0 Å². The Balaban J connectivity index is 1.53. The number of nitrogens with one attached hydrogen (secondary N) is 1. The number of nitrogens with two attached hydrogens (primary N) is 1. The number of H-pyrrole nitrogens is 1. The second kappa shape index (κ2) is 7.33. The lowest BCUT2D eigenvalue weighted by molar-refractivity contribution is -0.142. The molecule has 5 nitrogen and oxygen atoms in total. The second-order valence-electron chi connectivity index (χ2n) is 7.85. The lowest BCUT2D eigenvalue weighted by Crippen LogP contribution is -2.56. The van der Waals surface area contributed by atoms with E-state index in [0.29, 0.717) is 31.6 Å². The van der Waals surface area contributed by atoms with Gasteiger partial charge in [0, 0.05) is 55.0 Å². The number of likely N-dealkylation sites (tertiary alicyclic amines) is 1. The molecule has 2 aliphatic heterocycles. The highest BCUT2D eigenvalue weighted by Crippen LogP contribution is 2.37. The highest BCUT2D eigenvalue weighted by Gasteiger charge is 2.42. The number of fused-ring (bicyclic) bond motifs is 1. The lowest BCUT2D eigenvalue weighted by atomic mass is 9.87. The highest BCUT2D eigenvalue weighted by molar-refractivity contribution is 5.30. The van der Waals surface area contributed by atoms with Crippen LogP contribution in [0.5, 0.6) is 0 Å². The summed E-state index contributed by atoms with van der Waals surface area (Å²) in [6.45, 7) is 1.20. The van der Waals surface area contributed by atoms with Crippen LogP contribution < -0.4 is 5.73 Å². The van der Waals surface area contributed by atoms with Crippen LogP contribution in [-0.2, 0) is 19.1 Å². The van der Waals surface area contributed by atoms with Crippen molar-refractivity contribution >= 4 is 0 Å². The molecule has 3 unspecified atom stereocenters. The van der Waals surface area contributed by atoms with Crippen LogP contribution in [-0.4, -0.2) is 52.2 Å². The lowest BCUT2D eigenvalue weighted by Gasteiger charge is -2.46. The van der Waals surface area contributed by atoms with E-state index in [0.717, 1.165) is 18.2 Å². The minimum absolute atomic E-state index is 0.0907. The van der Waals surface area contributed by atoms with Crippen molar-refractivity contribution in [3.63, 3.8) is 0 Å². The Hall–Kier alpha value is -2.04. The van der Waals surface area contributed by atoms with Gasteiger partial charge in [-0.1, -0.05) is 0 Å². The van der Waals surface area contributed by atoms with Crippen molar-refractivity contribution in [2.45, 2.75) is 43.7 Å². The summed E-state index contributed by atoms with van der Waals surface area (Å²) < 4.78 is 67.5. The SMILES string of the molecule is CN1CC(N2CCc3[nH]nc(C(F)(F)F)c3C2)CC(N)C1c1cc(F)ccc1F. The summed E-state index contributed by atoms with van der Waals surface area (Å²) in [5.41, 5.74) is 6.36. The normalized spacial score (nSPS) is 26.5. The predicted octanol–water partition coefficient (Wildman–Crippen LogP) is 2.84. The minimum Gasteiger partial charge on any atom is -0.326 e. The molecule has 29 heavy (non-hydrogen) atoms. The van der Waals surface area contributed by atoms with Crippen LogP contribution >= 0.6 is 0 Å². The smallest absolute Gasteiger partial charge is 0.326 e. The van der Waals surface area contributed by atoms with Crippen molar-refractivity contribution in [3.8, 4) is 0 Å². The zero-order valence-corrected chi connectivity index (χ0v) is 15.8. The third-order valence-corrected chi connectivity index (χ3v) is 5.95. The number of nitrogens with zero attached hydrogens (tertiary/aromatic N) is 3. The number of hydrogen-bond donors (Lipinski definition) is 2. The Morgan fingerprint density at radius 1 is 1.24 bits per heavy atom. The molecule has 1 saturated heterocycles. The Labute approximate surface area is 164 Å². The molecule has 158 valence electrons. The van der Waals surface area contributed by atoms with Gasteiger partial charge in [0.15, 0.2) is 5.69 Å². The number of rotatable bonds is 2. The molecule has 0 aliphatic carbocycles. The number of hydrogen-bond acceptors (Lipinski definition) is 4. The monoisotopic (exact) mass is 415 g/mol. The molecule has 2 aromatic rings. The van der Waals surface area contributed by atoms with Gasteiger partial charge < -0.3 is 5.73 Å². The highest BCUT2D eigenvalue weighted by atomic mass is 19.4. The number of halogens is 5. The Kier molecular flexibility index (Phi) is 5.12. The average molecular weight is 415 g/mol. The first-order valence-corrected chi connectivity index (χ1v) is 9.43. The summed E-state index contributed by atoms with van der Waals surface area (Å²) in [5.74, 6) is -1.06. The van der Waals surface area contributed by atoms with Gasteiger partial charge in [-0.05, 0) is 31.7 Å². The molecule has 1 aromatic carbocycles. The summed E-state index contributed by atoms with van der Waals surface area (Å²) in [4.78, 5) is 3.83. The first-order valence-electron chi connectivity index (χ1n) is 9.43. The molecular weight excluding hydrogens is 393 g/mol. The maximum Gasteiger partial charge on any atom is 0.435 e. The molecule has 0 saturated carbocycles. The van der Waals surface area contributed by atoms with E-state index in [1.54, 1.807) is 7.05 Å². The largest absolute Gasteiger partial charge is 0.435 e. The molecule has 0 radical (unpaired) electrons. The van der Waals surface area contributed by atoms with E-state index in [1.807, 2.05) is 9.80 Å². The van der Waals surface area contributed by atoms with E-state index in [-0.39, 0.29) is 23.7 Å². The van der Waals surface area contributed by atoms with Crippen molar-refractivity contribution in [1.29, 1.82) is 0 Å². The fourth-order valence-corrected chi connectivity index (χ4v) is 4.63. The van der Waals surface area contributed by atoms with Gasteiger partial charge in [0.25, 0.3) is 0 Å². The molecular formula is C19H22F5N5. The molecule has 4 rings (SSSR count). The summed E-state index contributed by atoms with van der Waals surface area (Å²) in [7, 11) is 1.77. The maximum absolute atomic E-state index is 14.3. The van der Waals surface area contributed by atoms with Gasteiger partial charge in [-0.2, -0.15) is 18.3 Å². The number of aromatic amines is 1. The minimum atomic E-state index is -4.51. The van der Waals surface area contributed by atoms with Crippen LogP contribution in [0, 0.1) is 11.6 Å². The van der Waals surface area contributed by atoms with E-state index >= 15 is 0 Å². The maximum atomic E-state index is 14.3. The zero-order chi connectivity index (χ0) is 20.9. The van der Waals surface area contributed by atoms with Crippen LogP contribution in [0.3, 0.4) is 0 Å². The van der Waals surface area contributed by atoms with E-state index in [9.17, 15) is 22.0 Å². The second-order valence-corrected chi connectivity index (χ2v) is 7.85. The van der Waals surface area contributed by atoms with Gasteiger partial charge in [-0.25, -0.2) is 8.78 Å². The fourth-order valence-electron chi connectivity index (χ4n) is 4.63. The molecule has 3 heterocycles. The number of likely N-dealkylation sites (N-methyl/N-ethyl adjacent to an activating group) is 1. The molecule has 0 bridgehead atoms. The van der Waals surface area contributed by atoms with Gasteiger partial charge in [0.1, 0.15) is 11.6 Å². The van der Waals surface area contributed by atoms with Gasteiger partial charge >= 0.3 is 6.18 Å². The van der Waals surface area contributed by atoms with Crippen molar-refractivity contribution in [1.82, 2.24) is 20.0 Å². The average Bonchev–Trinajstić information content (AvgIpc) is 3.07. The molecule has 10 heteroatoms. The quantitative estimate of drug-likeness (QED) is 0.741. The van der Waals surface area contributed by atoms with Crippen LogP contribution in [0.2, 0.25) is 0 Å². The van der Waals surface area contributed by atoms with Gasteiger partial charge in [-0.15, -0.1) is 0 Å². The molecule has 3 atom stereocenters. The van der Waals surface area contributed by atoms with Crippen LogP contribution in [0.15, 0.2) is 18.2 Å². The van der Waals surface area contributed by atoms with Crippen molar-refractivity contribution in [3.05, 3.63) is 52.3 Å². The van der Waals surface area contributed by atoms with Crippen molar-refractivity contribution < 1.29 is 22.0 Å². The summed E-state index contributed by atoms with van der Waals surface area (Å²) in [5, 5.41) is 5.96. The van der Waals surface area contributed by atoms with Gasteiger partial charge in [0.05, 0.1) is 6.04 Å². The molecule has 1 fully saturated rings. The first kappa shape index (κ1) is 20.2. The predicted molar refractivity (Wildman–Crippen MR) is 95.8 cm³/mol. The van der Waals surface area contributed by atoms with E-state index in [2.05, 4.69) is 10.2 Å². The number of piperidine rings is 1. The summed E-state index contributed by atoms with van der Waals surface area (Å²) in [6.07, 6.45) is -3.60. The molecule has 2 aliphatic rings. The van der Waals surface area contributed by atoms with Crippen LogP contribution in [0.25, 0.3) is 0 Å². The number of benzene rings is 1. The van der Waals surface area contributed by atoms with Gasteiger partial charge in [-0.3, -0.25) is 14.9 Å². The van der Waals surface area contributed by atoms with E-state index < -0.39 is 35.6 Å². The summed E-state index contributed by atoms with van der Waals surface area (Å²) >= 11 is 0. The summed E-state index contributed by atoms with van der Waals surface area (Å²) in [6, 6.07) is 2.23.